The molecule has 0 saturated carbocycles. The van der Waals surface area contributed by atoms with Crippen LogP contribution in [0.3, 0.4) is 0 Å². The number of benzene rings is 4. The van der Waals surface area contributed by atoms with Crippen LogP contribution in [0.25, 0.3) is 49.9 Å². The first kappa shape index (κ1) is 16.1. The molecule has 6 rings (SSSR count). The van der Waals surface area contributed by atoms with Crippen LogP contribution in [-0.4, -0.2) is 14.1 Å². The van der Waals surface area contributed by atoms with Crippen molar-refractivity contribution >= 4 is 32.8 Å². The smallest absolute Gasteiger partial charge is 0.145 e. The minimum Gasteiger partial charge on any atom is -0.344 e. The average Bonchev–Trinajstić information content (AvgIpc) is 3.31. The van der Waals surface area contributed by atoms with Crippen molar-refractivity contribution < 1.29 is 0 Å². The van der Waals surface area contributed by atoms with Gasteiger partial charge in [0, 0.05) is 40.1 Å². The van der Waals surface area contributed by atoms with Crippen LogP contribution in [-0.2, 0) is 7.05 Å². The normalized spacial score (nSPS) is 11.6. The van der Waals surface area contributed by atoms with Crippen LogP contribution in [0.4, 0.5) is 0 Å². The Bertz CT molecular complexity index is 1500. The zero-order valence-corrected chi connectivity index (χ0v) is 16.1. The predicted molar refractivity (Wildman–Crippen MR) is 120 cm³/mol. The van der Waals surface area contributed by atoms with E-state index in [0.29, 0.717) is 0 Å². The van der Waals surface area contributed by atoms with E-state index < -0.39 is 0 Å². The fourth-order valence-electron chi connectivity index (χ4n) is 4.36. The van der Waals surface area contributed by atoms with Crippen LogP contribution in [0, 0.1) is 0 Å². The summed E-state index contributed by atoms with van der Waals surface area (Å²) < 4.78 is 4.53. The Kier molecular flexibility index (Phi) is 3.38. The second kappa shape index (κ2) is 6.08. The molecule has 2 aromatic heterocycles. The quantitative estimate of drug-likeness (QED) is 0.347. The van der Waals surface area contributed by atoms with E-state index >= 15 is 0 Å². The Hall–Kier alpha value is -3.85. The lowest BCUT2D eigenvalue weighted by Crippen LogP contribution is -1.97. The van der Waals surface area contributed by atoms with E-state index in [1.165, 1.54) is 21.8 Å². The zero-order chi connectivity index (χ0) is 19.4. The third-order valence-electron chi connectivity index (χ3n) is 5.75. The standard InChI is InChI=1S/C26H19N3/c1-28-23-13-7-5-11-20(23)21-17-19(15-16-24(21)28)29-25-14-8-6-12-22(25)27-26(29)18-9-3-2-4-10-18/h2-17H,1H3. The Morgan fingerprint density at radius 1 is 0.621 bits per heavy atom. The first-order valence-electron chi connectivity index (χ1n) is 9.82. The Morgan fingerprint density at radius 2 is 1.31 bits per heavy atom. The molecule has 138 valence electrons. The van der Waals surface area contributed by atoms with Crippen molar-refractivity contribution in [2.45, 2.75) is 0 Å². The number of nitrogens with zero attached hydrogens (tertiary/aromatic N) is 3. The first-order chi connectivity index (χ1) is 14.3. The molecule has 0 bridgehead atoms. The van der Waals surface area contributed by atoms with Gasteiger partial charge in [0.25, 0.3) is 0 Å². The van der Waals surface area contributed by atoms with Gasteiger partial charge in [-0.15, -0.1) is 0 Å². The fraction of sp³-hybridized carbons (Fsp3) is 0.0385. The summed E-state index contributed by atoms with van der Waals surface area (Å²) in [6.07, 6.45) is 0. The lowest BCUT2D eigenvalue weighted by molar-refractivity contribution is 1.01. The van der Waals surface area contributed by atoms with Crippen LogP contribution in [0.5, 0.6) is 0 Å². The third-order valence-corrected chi connectivity index (χ3v) is 5.75. The molecule has 0 N–H and O–H groups in total. The molecular weight excluding hydrogens is 354 g/mol. The number of para-hydroxylation sites is 3. The monoisotopic (exact) mass is 373 g/mol. The molecule has 2 heterocycles. The molecule has 4 aromatic carbocycles. The van der Waals surface area contributed by atoms with Crippen molar-refractivity contribution in [3.05, 3.63) is 97.1 Å². The summed E-state index contributed by atoms with van der Waals surface area (Å²) in [5, 5.41) is 2.54. The van der Waals surface area contributed by atoms with Gasteiger partial charge < -0.3 is 4.57 Å². The maximum absolute atomic E-state index is 4.96. The van der Waals surface area contributed by atoms with E-state index in [1.807, 2.05) is 12.1 Å². The number of hydrogen-bond acceptors (Lipinski definition) is 1. The van der Waals surface area contributed by atoms with Gasteiger partial charge in [-0.2, -0.15) is 0 Å². The van der Waals surface area contributed by atoms with E-state index in [2.05, 4.69) is 101 Å². The number of rotatable bonds is 2. The molecule has 0 amide bonds. The van der Waals surface area contributed by atoms with Gasteiger partial charge in [0.1, 0.15) is 5.82 Å². The molecule has 0 aliphatic carbocycles. The van der Waals surface area contributed by atoms with Crippen molar-refractivity contribution in [3.8, 4) is 17.1 Å². The third kappa shape index (κ3) is 2.34. The summed E-state index contributed by atoms with van der Waals surface area (Å²) in [6.45, 7) is 0. The van der Waals surface area contributed by atoms with Gasteiger partial charge in [0.15, 0.2) is 0 Å². The van der Waals surface area contributed by atoms with Crippen molar-refractivity contribution in [2.75, 3.05) is 0 Å². The van der Waals surface area contributed by atoms with E-state index in [4.69, 9.17) is 4.98 Å². The summed E-state index contributed by atoms with van der Waals surface area (Å²) in [6, 6.07) is 34.0. The summed E-state index contributed by atoms with van der Waals surface area (Å²) in [4.78, 5) is 4.96. The highest BCUT2D eigenvalue weighted by atomic mass is 15.1. The van der Waals surface area contributed by atoms with E-state index in [-0.39, 0.29) is 0 Å². The Labute approximate surface area is 168 Å². The molecule has 0 aliphatic heterocycles. The van der Waals surface area contributed by atoms with Crippen LogP contribution in [0.1, 0.15) is 0 Å². The molecule has 0 unspecified atom stereocenters. The van der Waals surface area contributed by atoms with Gasteiger partial charge in [-0.25, -0.2) is 4.98 Å². The zero-order valence-electron chi connectivity index (χ0n) is 16.1. The minimum atomic E-state index is 0.964. The number of imidazole rings is 1. The fourth-order valence-corrected chi connectivity index (χ4v) is 4.36. The van der Waals surface area contributed by atoms with Gasteiger partial charge in [0.05, 0.1) is 11.0 Å². The van der Waals surface area contributed by atoms with Gasteiger partial charge >= 0.3 is 0 Å². The molecule has 0 aliphatic rings. The first-order valence-corrected chi connectivity index (χ1v) is 9.82. The van der Waals surface area contributed by atoms with Crippen molar-refractivity contribution in [1.29, 1.82) is 0 Å². The lowest BCUT2D eigenvalue weighted by atomic mass is 10.1. The molecular formula is C26H19N3. The van der Waals surface area contributed by atoms with Crippen molar-refractivity contribution in [3.63, 3.8) is 0 Å². The molecule has 0 fully saturated rings. The van der Waals surface area contributed by atoms with Gasteiger partial charge in [-0.1, -0.05) is 60.7 Å². The second-order valence-electron chi connectivity index (χ2n) is 7.40. The molecule has 0 saturated heterocycles. The molecule has 29 heavy (non-hydrogen) atoms. The lowest BCUT2D eigenvalue weighted by Gasteiger charge is -2.10. The molecule has 0 spiro atoms. The van der Waals surface area contributed by atoms with Crippen LogP contribution in [0.15, 0.2) is 97.1 Å². The minimum absolute atomic E-state index is 0.964. The summed E-state index contributed by atoms with van der Waals surface area (Å²) >= 11 is 0. The van der Waals surface area contributed by atoms with Crippen molar-refractivity contribution in [2.24, 2.45) is 7.05 Å². The number of aryl methyl sites for hydroxylation is 1. The highest BCUT2D eigenvalue weighted by Gasteiger charge is 2.15. The molecule has 0 atom stereocenters. The largest absolute Gasteiger partial charge is 0.344 e. The highest BCUT2D eigenvalue weighted by molar-refractivity contribution is 6.08. The van der Waals surface area contributed by atoms with E-state index in [1.54, 1.807) is 0 Å². The van der Waals surface area contributed by atoms with Crippen LogP contribution >= 0.6 is 0 Å². The number of aromatic nitrogens is 3. The SMILES string of the molecule is Cn1c2ccccc2c2cc(-n3c(-c4ccccc4)nc4ccccc43)ccc21. The summed E-state index contributed by atoms with van der Waals surface area (Å²) in [7, 11) is 2.13. The average molecular weight is 373 g/mol. The van der Waals surface area contributed by atoms with Gasteiger partial charge in [-0.3, -0.25) is 4.57 Å². The number of hydrogen-bond donors (Lipinski definition) is 0. The second-order valence-corrected chi connectivity index (χ2v) is 7.40. The van der Waals surface area contributed by atoms with Gasteiger partial charge in [-0.05, 0) is 36.4 Å². The van der Waals surface area contributed by atoms with E-state index in [9.17, 15) is 0 Å². The molecule has 3 nitrogen and oxygen atoms in total. The van der Waals surface area contributed by atoms with Crippen LogP contribution in [0.2, 0.25) is 0 Å². The van der Waals surface area contributed by atoms with Gasteiger partial charge in [0.2, 0.25) is 0 Å². The molecule has 3 heteroatoms. The maximum Gasteiger partial charge on any atom is 0.145 e. The van der Waals surface area contributed by atoms with E-state index in [0.717, 1.165) is 28.1 Å². The van der Waals surface area contributed by atoms with Crippen molar-refractivity contribution in [1.82, 2.24) is 14.1 Å². The number of fused-ring (bicyclic) bond motifs is 4. The Balaban J connectivity index is 1.70. The topological polar surface area (TPSA) is 22.8 Å². The highest BCUT2D eigenvalue weighted by Crippen LogP contribution is 2.33. The van der Waals surface area contributed by atoms with Crippen LogP contribution < -0.4 is 0 Å². The Morgan fingerprint density at radius 3 is 2.17 bits per heavy atom. The molecule has 6 aromatic rings. The summed E-state index contributed by atoms with van der Waals surface area (Å²) in [5.74, 6) is 0.964. The predicted octanol–water partition coefficient (Wildman–Crippen LogP) is 6.34. The molecule has 0 radical (unpaired) electrons. The summed E-state index contributed by atoms with van der Waals surface area (Å²) in [5.41, 5.74) is 6.84. The maximum atomic E-state index is 4.96.